The van der Waals surface area contributed by atoms with Gasteiger partial charge in [-0.05, 0) is 12.1 Å². The first-order valence-electron chi connectivity index (χ1n) is 3.38. The van der Waals surface area contributed by atoms with Crippen molar-refractivity contribution in [3.8, 4) is 5.75 Å². The Morgan fingerprint density at radius 2 is 2.07 bits per heavy atom. The number of rotatable bonds is 3. The Morgan fingerprint density at radius 1 is 1.43 bits per heavy atom. The number of pyridine rings is 1. The highest BCUT2D eigenvalue weighted by Gasteiger charge is 2.42. The third-order valence-electron chi connectivity index (χ3n) is 1.21. The molecule has 0 amide bonds. The van der Waals surface area contributed by atoms with Gasteiger partial charge in [0.1, 0.15) is 5.75 Å². The molecule has 2 nitrogen and oxygen atoms in total. The summed E-state index contributed by atoms with van der Waals surface area (Å²) in [6, 6.07) is 1.68. The van der Waals surface area contributed by atoms with Crippen LogP contribution in [-0.2, 0) is 0 Å². The van der Waals surface area contributed by atoms with E-state index in [1.54, 1.807) is 0 Å². The van der Waals surface area contributed by atoms with Gasteiger partial charge in [0, 0.05) is 0 Å². The molecule has 0 bridgehead atoms. The van der Waals surface area contributed by atoms with Gasteiger partial charge in [-0.1, -0.05) is 11.6 Å². The second-order valence-corrected chi connectivity index (χ2v) is 2.66. The molecule has 0 aromatic carbocycles. The van der Waals surface area contributed by atoms with E-state index in [-0.39, 0.29) is 0 Å². The molecule has 0 aliphatic carbocycles. The summed E-state index contributed by atoms with van der Waals surface area (Å²) < 4.78 is 53.1. The Bertz CT molecular complexity index is 303. The monoisotopic (exact) mass is 229 g/mol. The summed E-state index contributed by atoms with van der Waals surface area (Å²) >= 11 is 4.51. The predicted molar refractivity (Wildman–Crippen MR) is 40.5 cm³/mol. The van der Waals surface area contributed by atoms with Crippen LogP contribution in [-0.4, -0.2) is 16.7 Å². The molecule has 0 radical (unpaired) electrons. The van der Waals surface area contributed by atoms with E-state index in [1.807, 2.05) is 0 Å². The summed E-state index contributed by atoms with van der Waals surface area (Å²) in [4.78, 5) is 3.03. The predicted octanol–water partition coefficient (Wildman–Crippen LogP) is 2.73. The summed E-state index contributed by atoms with van der Waals surface area (Å²) in [7, 11) is 0. The first-order valence-corrected chi connectivity index (χ1v) is 3.82. The molecule has 1 rings (SSSR count). The summed E-state index contributed by atoms with van der Waals surface area (Å²) in [5.41, 5.74) is -2.98. The van der Waals surface area contributed by atoms with Crippen LogP contribution in [0.15, 0.2) is 18.3 Å². The molecule has 7 heteroatoms. The van der Waals surface area contributed by atoms with Crippen molar-refractivity contribution in [1.29, 1.82) is 0 Å². The van der Waals surface area contributed by atoms with Gasteiger partial charge >= 0.3 is 6.11 Å². The number of hydrogen-bond acceptors (Lipinski definition) is 2. The van der Waals surface area contributed by atoms with Gasteiger partial charge in [-0.3, -0.25) is 0 Å². The normalized spacial score (nSPS) is 13.8. The van der Waals surface area contributed by atoms with Crippen molar-refractivity contribution in [2.24, 2.45) is 0 Å². The van der Waals surface area contributed by atoms with E-state index >= 15 is 0 Å². The Hall–Kier alpha value is -1.04. The number of hydrogen-bond donors (Lipinski definition) is 0. The van der Waals surface area contributed by atoms with Crippen molar-refractivity contribution in [3.63, 3.8) is 0 Å². The van der Waals surface area contributed by atoms with E-state index in [0.29, 0.717) is 6.20 Å². The van der Waals surface area contributed by atoms with Gasteiger partial charge in [-0.25, -0.2) is 9.37 Å². The fraction of sp³-hybridized carbons (Fsp3) is 0.286. The van der Waals surface area contributed by atoms with Crippen LogP contribution in [0.25, 0.3) is 0 Å². The third kappa shape index (κ3) is 2.73. The molecule has 0 spiro atoms. The molecule has 0 aliphatic heterocycles. The van der Waals surface area contributed by atoms with E-state index in [1.165, 1.54) is 0 Å². The summed E-state index contributed by atoms with van der Waals surface area (Å²) in [6.07, 6.45) is -3.47. The van der Waals surface area contributed by atoms with Crippen LogP contribution in [0.4, 0.5) is 17.6 Å². The fourth-order valence-corrected chi connectivity index (χ4v) is 0.669. The van der Waals surface area contributed by atoms with Crippen LogP contribution in [0.2, 0.25) is 0 Å². The maximum atomic E-state index is 12.5. The molecule has 1 heterocycles. The number of nitrogens with zero attached hydrogens (tertiary/aromatic N) is 1. The maximum absolute atomic E-state index is 12.5. The molecule has 0 aliphatic rings. The number of halogens is 5. The highest BCUT2D eigenvalue weighted by molar-refractivity contribution is 6.20. The SMILES string of the molecule is Fc1ccc(OC(F)(F)C(F)Cl)cn1. The van der Waals surface area contributed by atoms with Gasteiger partial charge in [0.15, 0.2) is 0 Å². The molecular weight excluding hydrogens is 226 g/mol. The number of ether oxygens (including phenoxy) is 1. The van der Waals surface area contributed by atoms with Crippen molar-refractivity contribution in [1.82, 2.24) is 4.98 Å². The summed E-state index contributed by atoms with van der Waals surface area (Å²) in [5.74, 6) is -1.33. The van der Waals surface area contributed by atoms with Crippen molar-refractivity contribution in [2.75, 3.05) is 0 Å². The van der Waals surface area contributed by atoms with Gasteiger partial charge in [0.25, 0.3) is 5.63 Å². The van der Waals surface area contributed by atoms with E-state index in [9.17, 15) is 17.6 Å². The van der Waals surface area contributed by atoms with E-state index in [0.717, 1.165) is 12.1 Å². The molecule has 0 saturated heterocycles. The molecule has 1 unspecified atom stereocenters. The van der Waals surface area contributed by atoms with Gasteiger partial charge in [-0.2, -0.15) is 13.2 Å². The van der Waals surface area contributed by atoms with Crippen molar-refractivity contribution in [2.45, 2.75) is 11.7 Å². The molecule has 0 fully saturated rings. The highest BCUT2D eigenvalue weighted by Crippen LogP contribution is 2.28. The van der Waals surface area contributed by atoms with Crippen LogP contribution in [0.3, 0.4) is 0 Å². The molecular formula is C7H4ClF4NO. The lowest BCUT2D eigenvalue weighted by atomic mass is 10.4. The second-order valence-electron chi connectivity index (χ2n) is 2.28. The molecule has 1 aromatic rings. The first-order chi connectivity index (χ1) is 6.42. The Kier molecular flexibility index (Phi) is 3.15. The number of aromatic nitrogens is 1. The lowest BCUT2D eigenvalue weighted by Gasteiger charge is -2.16. The topological polar surface area (TPSA) is 22.1 Å². The minimum Gasteiger partial charge on any atom is -0.428 e. The molecule has 0 N–H and O–H groups in total. The first kappa shape index (κ1) is 11.0. The zero-order valence-electron chi connectivity index (χ0n) is 6.55. The highest BCUT2D eigenvalue weighted by atomic mass is 35.5. The Morgan fingerprint density at radius 3 is 2.50 bits per heavy atom. The molecule has 1 aromatic heterocycles. The van der Waals surface area contributed by atoms with Crippen LogP contribution in [0.5, 0.6) is 5.75 Å². The van der Waals surface area contributed by atoms with Crippen LogP contribution in [0.1, 0.15) is 0 Å². The van der Waals surface area contributed by atoms with Gasteiger partial charge in [0.05, 0.1) is 6.20 Å². The third-order valence-corrected chi connectivity index (χ3v) is 1.46. The average molecular weight is 230 g/mol. The van der Waals surface area contributed by atoms with E-state index in [2.05, 4.69) is 21.3 Å². The smallest absolute Gasteiger partial charge is 0.428 e. The van der Waals surface area contributed by atoms with Crippen molar-refractivity contribution in [3.05, 3.63) is 24.3 Å². The van der Waals surface area contributed by atoms with Crippen molar-refractivity contribution < 1.29 is 22.3 Å². The summed E-state index contributed by atoms with van der Waals surface area (Å²) in [6.45, 7) is 0. The molecule has 14 heavy (non-hydrogen) atoms. The molecule has 0 saturated carbocycles. The van der Waals surface area contributed by atoms with Crippen LogP contribution < -0.4 is 4.74 Å². The minimum atomic E-state index is -4.17. The zero-order valence-corrected chi connectivity index (χ0v) is 7.31. The van der Waals surface area contributed by atoms with Crippen LogP contribution in [0, 0.1) is 5.95 Å². The number of alkyl halides is 4. The molecule has 78 valence electrons. The van der Waals surface area contributed by atoms with Gasteiger partial charge < -0.3 is 4.74 Å². The van der Waals surface area contributed by atoms with Gasteiger partial charge in [0.2, 0.25) is 5.95 Å². The minimum absolute atomic E-state index is 0.472. The molecule has 1 atom stereocenters. The lowest BCUT2D eigenvalue weighted by molar-refractivity contribution is -0.199. The summed E-state index contributed by atoms with van der Waals surface area (Å²) in [5, 5.41) is 0. The van der Waals surface area contributed by atoms with Crippen LogP contribution >= 0.6 is 11.6 Å². The average Bonchev–Trinajstić information content (AvgIpc) is 2.08. The second kappa shape index (κ2) is 4.00. The standard InChI is InChI=1S/C7H4ClF4NO/c8-6(10)7(11,12)14-4-1-2-5(9)13-3-4/h1-3,6H. The Balaban J connectivity index is 2.74. The fourth-order valence-electron chi connectivity index (χ4n) is 0.624. The maximum Gasteiger partial charge on any atom is 0.444 e. The lowest BCUT2D eigenvalue weighted by Crippen LogP contribution is -2.32. The largest absolute Gasteiger partial charge is 0.444 e. The van der Waals surface area contributed by atoms with Crippen molar-refractivity contribution >= 4 is 11.6 Å². The zero-order chi connectivity index (χ0) is 10.8. The van der Waals surface area contributed by atoms with E-state index in [4.69, 9.17) is 0 Å². The van der Waals surface area contributed by atoms with Gasteiger partial charge in [-0.15, -0.1) is 0 Å². The quantitative estimate of drug-likeness (QED) is 0.452. The Labute approximate surface area is 81.5 Å². The van der Waals surface area contributed by atoms with E-state index < -0.39 is 23.4 Å².